The molecule has 2 unspecified atom stereocenters. The maximum Gasteiger partial charge on any atom is 0.224 e. The highest BCUT2D eigenvalue weighted by molar-refractivity contribution is 5.80. The van der Waals surface area contributed by atoms with Crippen LogP contribution in [0.3, 0.4) is 0 Å². The number of nitrogens with zero attached hydrogens (tertiary/aromatic N) is 1. The molecule has 0 saturated carbocycles. The Labute approximate surface area is 119 Å². The Morgan fingerprint density at radius 1 is 1.40 bits per heavy atom. The fraction of sp³-hybridized carbons (Fsp3) is 0.533. The number of methoxy groups -OCH3 is 1. The van der Waals surface area contributed by atoms with E-state index in [0.717, 1.165) is 17.7 Å². The predicted octanol–water partition coefficient (Wildman–Crippen LogP) is 1.71. The standard InChI is InChI=1S/C15H22N2O3/c1-4-7-20-12-6-5-10(8-13(12)19-3)15-11(16)9-14(18)17(15)2/h5-6,8,11,15H,4,7,9,16H2,1-3H3. The van der Waals surface area contributed by atoms with Gasteiger partial charge in [0.25, 0.3) is 0 Å². The third-order valence-corrected chi connectivity index (χ3v) is 3.62. The monoisotopic (exact) mass is 278 g/mol. The van der Waals surface area contributed by atoms with Gasteiger partial charge in [0, 0.05) is 19.5 Å². The number of hydrogen-bond acceptors (Lipinski definition) is 4. The summed E-state index contributed by atoms with van der Waals surface area (Å²) in [5, 5.41) is 0. The van der Waals surface area contributed by atoms with Crippen LogP contribution >= 0.6 is 0 Å². The molecule has 0 radical (unpaired) electrons. The largest absolute Gasteiger partial charge is 0.493 e. The lowest BCUT2D eigenvalue weighted by molar-refractivity contribution is -0.127. The third-order valence-electron chi connectivity index (χ3n) is 3.62. The van der Waals surface area contributed by atoms with E-state index in [0.29, 0.717) is 18.8 Å². The Hall–Kier alpha value is -1.75. The molecular formula is C15H22N2O3. The van der Waals surface area contributed by atoms with Gasteiger partial charge in [-0.3, -0.25) is 4.79 Å². The first-order valence-electron chi connectivity index (χ1n) is 6.90. The zero-order valence-corrected chi connectivity index (χ0v) is 12.3. The second-order valence-electron chi connectivity index (χ2n) is 5.08. The molecular weight excluding hydrogens is 256 g/mol. The Balaban J connectivity index is 2.27. The molecule has 2 rings (SSSR count). The van der Waals surface area contributed by atoms with Crippen LogP contribution in [-0.2, 0) is 4.79 Å². The van der Waals surface area contributed by atoms with Crippen molar-refractivity contribution in [3.05, 3.63) is 23.8 Å². The van der Waals surface area contributed by atoms with E-state index in [9.17, 15) is 4.79 Å². The van der Waals surface area contributed by atoms with E-state index >= 15 is 0 Å². The number of benzene rings is 1. The van der Waals surface area contributed by atoms with Gasteiger partial charge in [0.15, 0.2) is 11.5 Å². The number of nitrogens with two attached hydrogens (primary N) is 1. The van der Waals surface area contributed by atoms with Crippen LogP contribution in [0.25, 0.3) is 0 Å². The van der Waals surface area contributed by atoms with Gasteiger partial charge in [-0.25, -0.2) is 0 Å². The van der Waals surface area contributed by atoms with Gasteiger partial charge in [0.05, 0.1) is 19.8 Å². The van der Waals surface area contributed by atoms with E-state index in [1.54, 1.807) is 19.1 Å². The molecule has 1 fully saturated rings. The lowest BCUT2D eigenvalue weighted by Gasteiger charge is -2.24. The van der Waals surface area contributed by atoms with Crippen molar-refractivity contribution in [1.29, 1.82) is 0 Å². The molecule has 5 nitrogen and oxygen atoms in total. The summed E-state index contributed by atoms with van der Waals surface area (Å²) in [5.41, 5.74) is 7.05. The molecule has 110 valence electrons. The minimum atomic E-state index is -0.181. The molecule has 1 aromatic rings. The van der Waals surface area contributed by atoms with Crippen LogP contribution in [0.1, 0.15) is 31.4 Å². The zero-order valence-electron chi connectivity index (χ0n) is 12.3. The molecule has 1 saturated heterocycles. The van der Waals surface area contributed by atoms with Gasteiger partial charge in [0.2, 0.25) is 5.91 Å². The number of likely N-dealkylation sites (N-methyl/N-ethyl adjacent to an activating group) is 1. The molecule has 20 heavy (non-hydrogen) atoms. The first-order valence-corrected chi connectivity index (χ1v) is 6.90. The first-order chi connectivity index (χ1) is 9.58. The van der Waals surface area contributed by atoms with Gasteiger partial charge >= 0.3 is 0 Å². The summed E-state index contributed by atoms with van der Waals surface area (Å²) in [5.74, 6) is 1.47. The number of carbonyl (C=O) groups is 1. The van der Waals surface area contributed by atoms with Gasteiger partial charge in [-0.05, 0) is 24.1 Å². The molecule has 1 heterocycles. The zero-order chi connectivity index (χ0) is 14.7. The topological polar surface area (TPSA) is 64.8 Å². The number of ether oxygens (including phenoxy) is 2. The van der Waals surface area contributed by atoms with Crippen LogP contribution in [-0.4, -0.2) is 37.6 Å². The van der Waals surface area contributed by atoms with Crippen molar-refractivity contribution in [2.24, 2.45) is 5.73 Å². The average Bonchev–Trinajstić information content (AvgIpc) is 2.70. The van der Waals surface area contributed by atoms with Gasteiger partial charge < -0.3 is 20.1 Å². The molecule has 1 aliphatic heterocycles. The lowest BCUT2D eigenvalue weighted by Crippen LogP contribution is -2.30. The van der Waals surface area contributed by atoms with Crippen molar-refractivity contribution < 1.29 is 14.3 Å². The van der Waals surface area contributed by atoms with E-state index in [-0.39, 0.29) is 18.0 Å². The van der Waals surface area contributed by atoms with Crippen LogP contribution in [0, 0.1) is 0 Å². The van der Waals surface area contributed by atoms with E-state index in [2.05, 4.69) is 6.92 Å². The normalized spacial score (nSPS) is 22.2. The molecule has 0 bridgehead atoms. The highest BCUT2D eigenvalue weighted by atomic mass is 16.5. The van der Waals surface area contributed by atoms with Crippen molar-refractivity contribution >= 4 is 5.91 Å². The summed E-state index contributed by atoms with van der Waals surface area (Å²) in [6.07, 6.45) is 1.33. The van der Waals surface area contributed by atoms with Crippen molar-refractivity contribution in [3.8, 4) is 11.5 Å². The van der Waals surface area contributed by atoms with Crippen LogP contribution in [0.15, 0.2) is 18.2 Å². The Bertz CT molecular complexity index is 490. The summed E-state index contributed by atoms with van der Waals surface area (Å²) in [6.45, 7) is 2.70. The lowest BCUT2D eigenvalue weighted by atomic mass is 10.0. The SMILES string of the molecule is CCCOc1ccc(C2C(N)CC(=O)N2C)cc1OC. The summed E-state index contributed by atoms with van der Waals surface area (Å²) >= 11 is 0. The molecule has 1 aliphatic rings. The molecule has 5 heteroatoms. The summed E-state index contributed by atoms with van der Waals surface area (Å²) < 4.78 is 11.0. The Morgan fingerprint density at radius 2 is 2.15 bits per heavy atom. The Morgan fingerprint density at radius 3 is 2.70 bits per heavy atom. The molecule has 2 N–H and O–H groups in total. The number of amides is 1. The van der Waals surface area contributed by atoms with Crippen LogP contribution in [0.5, 0.6) is 11.5 Å². The molecule has 1 amide bonds. The number of likely N-dealkylation sites (tertiary alicyclic amines) is 1. The van der Waals surface area contributed by atoms with Crippen LogP contribution in [0.4, 0.5) is 0 Å². The van der Waals surface area contributed by atoms with Crippen molar-refractivity contribution in [1.82, 2.24) is 4.90 Å². The smallest absolute Gasteiger partial charge is 0.224 e. The number of hydrogen-bond donors (Lipinski definition) is 1. The van der Waals surface area contributed by atoms with Gasteiger partial charge in [0.1, 0.15) is 0 Å². The maximum atomic E-state index is 11.7. The maximum absolute atomic E-state index is 11.7. The second kappa shape index (κ2) is 6.13. The van der Waals surface area contributed by atoms with Gasteiger partial charge in [-0.15, -0.1) is 0 Å². The first kappa shape index (κ1) is 14.7. The van der Waals surface area contributed by atoms with Gasteiger partial charge in [-0.2, -0.15) is 0 Å². The van der Waals surface area contributed by atoms with E-state index in [1.165, 1.54) is 0 Å². The van der Waals surface area contributed by atoms with E-state index < -0.39 is 0 Å². The minimum Gasteiger partial charge on any atom is -0.493 e. The quantitative estimate of drug-likeness (QED) is 0.890. The average molecular weight is 278 g/mol. The fourth-order valence-electron chi connectivity index (χ4n) is 2.57. The fourth-order valence-corrected chi connectivity index (χ4v) is 2.57. The Kier molecular flexibility index (Phi) is 4.49. The number of carbonyl (C=O) groups excluding carboxylic acids is 1. The summed E-state index contributed by atoms with van der Waals surface area (Å²) in [4.78, 5) is 13.4. The molecule has 0 aliphatic carbocycles. The van der Waals surface area contributed by atoms with Crippen LogP contribution in [0.2, 0.25) is 0 Å². The highest BCUT2D eigenvalue weighted by Gasteiger charge is 2.36. The van der Waals surface area contributed by atoms with E-state index in [1.807, 2.05) is 18.2 Å². The minimum absolute atomic E-state index is 0.0766. The molecule has 2 atom stereocenters. The third kappa shape index (κ3) is 2.72. The van der Waals surface area contributed by atoms with Crippen molar-refractivity contribution in [2.75, 3.05) is 20.8 Å². The van der Waals surface area contributed by atoms with Crippen LogP contribution < -0.4 is 15.2 Å². The summed E-state index contributed by atoms with van der Waals surface area (Å²) in [7, 11) is 3.40. The van der Waals surface area contributed by atoms with Crippen molar-refractivity contribution in [2.45, 2.75) is 31.8 Å². The van der Waals surface area contributed by atoms with Gasteiger partial charge in [-0.1, -0.05) is 13.0 Å². The van der Waals surface area contributed by atoms with Crippen molar-refractivity contribution in [3.63, 3.8) is 0 Å². The molecule has 0 aromatic heterocycles. The summed E-state index contributed by atoms with van der Waals surface area (Å²) in [6, 6.07) is 5.46. The number of rotatable bonds is 5. The van der Waals surface area contributed by atoms with E-state index in [4.69, 9.17) is 15.2 Å². The highest BCUT2D eigenvalue weighted by Crippen LogP contribution is 2.36. The molecule has 1 aromatic carbocycles. The predicted molar refractivity (Wildman–Crippen MR) is 76.9 cm³/mol. The molecule has 0 spiro atoms. The second-order valence-corrected chi connectivity index (χ2v) is 5.08.